The molecule has 0 radical (unpaired) electrons. The van der Waals surface area contributed by atoms with Gasteiger partial charge in [-0.3, -0.25) is 4.79 Å². The van der Waals surface area contributed by atoms with Gasteiger partial charge < -0.3 is 14.4 Å². The van der Waals surface area contributed by atoms with Crippen molar-refractivity contribution in [1.82, 2.24) is 4.90 Å². The van der Waals surface area contributed by atoms with Gasteiger partial charge in [0.2, 0.25) is 5.91 Å². The third-order valence-corrected chi connectivity index (χ3v) is 6.14. The number of hydrogen-bond acceptors (Lipinski definition) is 3. The minimum absolute atomic E-state index is 0.124. The zero-order chi connectivity index (χ0) is 25.2. The summed E-state index contributed by atoms with van der Waals surface area (Å²) in [6, 6.07) is 36.2. The largest absolute Gasteiger partial charge is 0.493 e. The number of methoxy groups -OCH3 is 1. The maximum absolute atomic E-state index is 13.5. The van der Waals surface area contributed by atoms with Crippen LogP contribution in [0.3, 0.4) is 0 Å². The molecule has 36 heavy (non-hydrogen) atoms. The molecular formula is C32H33NO3. The Labute approximate surface area is 214 Å². The van der Waals surface area contributed by atoms with Crippen molar-refractivity contribution in [2.45, 2.75) is 39.0 Å². The summed E-state index contributed by atoms with van der Waals surface area (Å²) in [6.45, 7) is 2.96. The topological polar surface area (TPSA) is 38.8 Å². The van der Waals surface area contributed by atoms with Crippen molar-refractivity contribution in [3.8, 4) is 11.5 Å². The van der Waals surface area contributed by atoms with Crippen LogP contribution in [0, 0.1) is 0 Å². The maximum Gasteiger partial charge on any atom is 0.223 e. The third kappa shape index (κ3) is 6.33. The first-order chi connectivity index (χ1) is 17.7. The summed E-state index contributed by atoms with van der Waals surface area (Å²) in [7, 11) is 1.64. The Balaban J connectivity index is 1.64. The van der Waals surface area contributed by atoms with E-state index in [1.165, 1.54) is 0 Å². The smallest absolute Gasteiger partial charge is 0.223 e. The molecule has 4 aromatic carbocycles. The fraction of sp³-hybridized carbons (Fsp3) is 0.219. The van der Waals surface area contributed by atoms with E-state index in [-0.39, 0.29) is 11.9 Å². The lowest BCUT2D eigenvalue weighted by atomic mass is 9.96. The standard InChI is InChI=1S/C32H33NO3/c1-3-13-31(34)33(32(27-16-9-5-10-17-27)28-18-11-6-12-19-28)23-26-20-21-29(30(22-26)35-2)36-24-25-14-7-4-8-15-25/h4-12,14-22,32H,3,13,23-24H2,1-2H3. The molecular weight excluding hydrogens is 446 g/mol. The number of hydrogen-bond donors (Lipinski definition) is 0. The molecule has 0 spiro atoms. The van der Waals surface area contributed by atoms with Crippen LogP contribution in [0.5, 0.6) is 11.5 Å². The number of nitrogens with zero attached hydrogens (tertiary/aromatic N) is 1. The molecule has 0 aliphatic rings. The maximum atomic E-state index is 13.5. The van der Waals surface area contributed by atoms with Gasteiger partial charge in [-0.05, 0) is 40.8 Å². The molecule has 0 aliphatic carbocycles. The van der Waals surface area contributed by atoms with Crippen LogP contribution in [0.15, 0.2) is 109 Å². The summed E-state index contributed by atoms with van der Waals surface area (Å²) >= 11 is 0. The third-order valence-electron chi connectivity index (χ3n) is 6.14. The quantitative estimate of drug-likeness (QED) is 0.228. The Hall–Kier alpha value is -4.05. The van der Waals surface area contributed by atoms with Gasteiger partial charge in [-0.1, -0.05) is 104 Å². The van der Waals surface area contributed by atoms with Crippen LogP contribution in [0.4, 0.5) is 0 Å². The summed E-state index contributed by atoms with van der Waals surface area (Å²) < 4.78 is 11.7. The summed E-state index contributed by atoms with van der Waals surface area (Å²) in [6.07, 6.45) is 1.28. The van der Waals surface area contributed by atoms with E-state index in [4.69, 9.17) is 9.47 Å². The van der Waals surface area contributed by atoms with Crippen molar-refractivity contribution in [1.29, 1.82) is 0 Å². The van der Waals surface area contributed by atoms with Gasteiger partial charge in [0.1, 0.15) is 6.61 Å². The molecule has 0 atom stereocenters. The second kappa shape index (κ2) is 12.6. The van der Waals surface area contributed by atoms with Crippen LogP contribution >= 0.6 is 0 Å². The number of benzene rings is 4. The molecule has 1 amide bonds. The van der Waals surface area contributed by atoms with Gasteiger partial charge in [0.25, 0.3) is 0 Å². The predicted octanol–water partition coefficient (Wildman–Crippen LogP) is 7.19. The highest BCUT2D eigenvalue weighted by molar-refractivity contribution is 5.77. The monoisotopic (exact) mass is 479 g/mol. The summed E-state index contributed by atoms with van der Waals surface area (Å²) in [5, 5.41) is 0. The van der Waals surface area contributed by atoms with E-state index in [0.29, 0.717) is 31.1 Å². The molecule has 4 nitrogen and oxygen atoms in total. The normalized spacial score (nSPS) is 10.8. The van der Waals surface area contributed by atoms with Gasteiger partial charge in [-0.25, -0.2) is 0 Å². The van der Waals surface area contributed by atoms with E-state index < -0.39 is 0 Å². The SMILES string of the molecule is CCCC(=O)N(Cc1ccc(OCc2ccccc2)c(OC)c1)C(c1ccccc1)c1ccccc1. The Morgan fingerprint density at radius 1 is 0.750 bits per heavy atom. The highest BCUT2D eigenvalue weighted by Gasteiger charge is 2.26. The number of rotatable bonds is 11. The Bertz CT molecular complexity index is 1190. The highest BCUT2D eigenvalue weighted by atomic mass is 16.5. The second-order valence-corrected chi connectivity index (χ2v) is 8.76. The van der Waals surface area contributed by atoms with E-state index in [1.54, 1.807) is 7.11 Å². The Morgan fingerprint density at radius 2 is 1.33 bits per heavy atom. The van der Waals surface area contributed by atoms with Crippen LogP contribution in [0.25, 0.3) is 0 Å². The average Bonchev–Trinajstić information content (AvgIpc) is 2.93. The van der Waals surface area contributed by atoms with Crippen molar-refractivity contribution in [3.05, 3.63) is 131 Å². The van der Waals surface area contributed by atoms with E-state index in [2.05, 4.69) is 24.3 Å². The van der Waals surface area contributed by atoms with Crippen LogP contribution in [0.1, 0.15) is 48.1 Å². The van der Waals surface area contributed by atoms with Crippen molar-refractivity contribution >= 4 is 5.91 Å². The first-order valence-corrected chi connectivity index (χ1v) is 12.4. The molecule has 184 valence electrons. The van der Waals surface area contributed by atoms with E-state index >= 15 is 0 Å². The number of ether oxygens (including phenoxy) is 2. The van der Waals surface area contributed by atoms with Crippen molar-refractivity contribution < 1.29 is 14.3 Å². The number of carbonyl (C=O) groups excluding carboxylic acids is 1. The lowest BCUT2D eigenvalue weighted by Crippen LogP contribution is -2.35. The number of amides is 1. The minimum atomic E-state index is -0.188. The Morgan fingerprint density at radius 3 is 1.89 bits per heavy atom. The Kier molecular flexibility index (Phi) is 8.77. The van der Waals surface area contributed by atoms with Crippen LogP contribution in [0.2, 0.25) is 0 Å². The summed E-state index contributed by atoms with van der Waals surface area (Å²) in [4.78, 5) is 15.5. The molecule has 0 saturated carbocycles. The zero-order valence-corrected chi connectivity index (χ0v) is 21.0. The molecule has 0 N–H and O–H groups in total. The summed E-state index contributed by atoms with van der Waals surface area (Å²) in [5.41, 5.74) is 4.25. The molecule has 0 unspecified atom stereocenters. The van der Waals surface area contributed by atoms with Crippen molar-refractivity contribution in [2.24, 2.45) is 0 Å². The molecule has 0 saturated heterocycles. The molecule has 0 heterocycles. The van der Waals surface area contributed by atoms with Crippen LogP contribution < -0.4 is 9.47 Å². The lowest BCUT2D eigenvalue weighted by molar-refractivity contribution is -0.133. The highest BCUT2D eigenvalue weighted by Crippen LogP contribution is 2.34. The van der Waals surface area contributed by atoms with Gasteiger partial charge in [0, 0.05) is 13.0 Å². The molecule has 4 rings (SSSR count). The van der Waals surface area contributed by atoms with Gasteiger partial charge in [-0.15, -0.1) is 0 Å². The molecule has 4 aromatic rings. The molecule has 0 fully saturated rings. The lowest BCUT2D eigenvalue weighted by Gasteiger charge is -2.33. The van der Waals surface area contributed by atoms with Gasteiger partial charge in [0.05, 0.1) is 13.2 Å². The van der Waals surface area contributed by atoms with Crippen molar-refractivity contribution in [3.63, 3.8) is 0 Å². The van der Waals surface area contributed by atoms with Crippen LogP contribution in [-0.4, -0.2) is 17.9 Å². The van der Waals surface area contributed by atoms with E-state index in [0.717, 1.165) is 28.7 Å². The zero-order valence-electron chi connectivity index (χ0n) is 21.0. The first kappa shape index (κ1) is 25.1. The molecule has 0 aromatic heterocycles. The van der Waals surface area contributed by atoms with Gasteiger partial charge in [-0.2, -0.15) is 0 Å². The van der Waals surface area contributed by atoms with Crippen molar-refractivity contribution in [2.75, 3.05) is 7.11 Å². The predicted molar refractivity (Wildman–Crippen MR) is 144 cm³/mol. The second-order valence-electron chi connectivity index (χ2n) is 8.76. The van der Waals surface area contributed by atoms with Crippen LogP contribution in [-0.2, 0) is 17.9 Å². The fourth-order valence-electron chi connectivity index (χ4n) is 4.37. The molecule has 0 aliphatic heterocycles. The van der Waals surface area contributed by atoms with E-state index in [1.807, 2.05) is 96.8 Å². The molecule has 4 heteroatoms. The minimum Gasteiger partial charge on any atom is -0.493 e. The fourth-order valence-corrected chi connectivity index (χ4v) is 4.37. The number of carbonyl (C=O) groups is 1. The van der Waals surface area contributed by atoms with E-state index in [9.17, 15) is 4.79 Å². The van der Waals surface area contributed by atoms with Gasteiger partial charge in [0.15, 0.2) is 11.5 Å². The molecule has 0 bridgehead atoms. The summed E-state index contributed by atoms with van der Waals surface area (Å²) in [5.74, 6) is 1.46. The average molecular weight is 480 g/mol. The first-order valence-electron chi connectivity index (χ1n) is 12.4. The van der Waals surface area contributed by atoms with Gasteiger partial charge >= 0.3 is 0 Å².